The molecule has 114 valence electrons. The van der Waals surface area contributed by atoms with E-state index in [9.17, 15) is 0 Å². The summed E-state index contributed by atoms with van der Waals surface area (Å²) in [5.74, 6) is 10.0. The maximum Gasteiger partial charge on any atom is 0.0744 e. The normalized spacial score (nSPS) is 11.4. The number of hydrazine groups is 1. The highest BCUT2D eigenvalue weighted by Crippen LogP contribution is 1.67. The summed E-state index contributed by atoms with van der Waals surface area (Å²) in [6.45, 7) is 8.86. The van der Waals surface area contributed by atoms with Gasteiger partial charge in [-0.1, -0.05) is 5.22 Å². The SMILES string of the molecule is NN=NCCNCCNCCNCCNCCNN. The Hall–Kier alpha value is -0.840. The van der Waals surface area contributed by atoms with Gasteiger partial charge in [0.15, 0.2) is 0 Å². The first-order chi connectivity index (χ1) is 9.41. The smallest absolute Gasteiger partial charge is 0.0744 e. The summed E-state index contributed by atoms with van der Waals surface area (Å²) >= 11 is 0. The molecule has 0 aliphatic rings. The molecule has 0 bridgehead atoms. The molecule has 9 heteroatoms. The van der Waals surface area contributed by atoms with Crippen LogP contribution in [0.3, 0.4) is 0 Å². The molecule has 0 fully saturated rings. The molecular formula is C10H29N9. The van der Waals surface area contributed by atoms with Gasteiger partial charge in [0.1, 0.15) is 0 Å². The molecule has 0 spiro atoms. The van der Waals surface area contributed by atoms with Gasteiger partial charge in [0.2, 0.25) is 0 Å². The maximum atomic E-state index is 5.15. The van der Waals surface area contributed by atoms with E-state index in [0.29, 0.717) is 6.54 Å². The van der Waals surface area contributed by atoms with Gasteiger partial charge in [0.25, 0.3) is 0 Å². The molecule has 9 N–H and O–H groups in total. The maximum absolute atomic E-state index is 5.15. The molecule has 19 heavy (non-hydrogen) atoms. The number of nitrogens with one attached hydrogen (secondary N) is 5. The molecule has 0 amide bonds. The van der Waals surface area contributed by atoms with Crippen molar-refractivity contribution in [2.75, 3.05) is 65.4 Å². The second-order valence-corrected chi connectivity index (χ2v) is 3.93. The summed E-state index contributed by atoms with van der Waals surface area (Å²) in [4.78, 5) is 0. The van der Waals surface area contributed by atoms with Crippen LogP contribution in [-0.4, -0.2) is 65.4 Å². The van der Waals surface area contributed by atoms with Gasteiger partial charge >= 0.3 is 0 Å². The zero-order chi connectivity index (χ0) is 14.0. The van der Waals surface area contributed by atoms with E-state index in [0.717, 1.165) is 58.9 Å². The highest BCUT2D eigenvalue weighted by molar-refractivity contribution is 4.57. The monoisotopic (exact) mass is 275 g/mol. The van der Waals surface area contributed by atoms with Crippen molar-refractivity contribution in [2.45, 2.75) is 0 Å². The molecule has 0 aliphatic carbocycles. The molecule has 0 rings (SSSR count). The molecule has 0 saturated heterocycles. The van der Waals surface area contributed by atoms with Crippen LogP contribution in [-0.2, 0) is 0 Å². The van der Waals surface area contributed by atoms with Gasteiger partial charge in [0, 0.05) is 58.9 Å². The van der Waals surface area contributed by atoms with E-state index in [1.54, 1.807) is 0 Å². The van der Waals surface area contributed by atoms with E-state index in [-0.39, 0.29) is 0 Å². The van der Waals surface area contributed by atoms with Gasteiger partial charge in [-0.25, -0.2) is 0 Å². The number of nitrogens with two attached hydrogens (primary N) is 2. The lowest BCUT2D eigenvalue weighted by Gasteiger charge is -2.08. The van der Waals surface area contributed by atoms with Gasteiger partial charge in [-0.05, 0) is 0 Å². The topological polar surface area (TPSA) is 137 Å². The zero-order valence-electron chi connectivity index (χ0n) is 11.6. The van der Waals surface area contributed by atoms with Crippen molar-refractivity contribution < 1.29 is 0 Å². The largest absolute Gasteiger partial charge is 0.314 e. The average molecular weight is 275 g/mol. The lowest BCUT2D eigenvalue weighted by atomic mass is 10.5. The van der Waals surface area contributed by atoms with Crippen LogP contribution in [0.2, 0.25) is 0 Å². The molecule has 0 aromatic heterocycles. The lowest BCUT2D eigenvalue weighted by Crippen LogP contribution is -2.37. The van der Waals surface area contributed by atoms with Gasteiger partial charge in [-0.3, -0.25) is 11.3 Å². The van der Waals surface area contributed by atoms with Crippen molar-refractivity contribution in [1.82, 2.24) is 26.7 Å². The van der Waals surface area contributed by atoms with Gasteiger partial charge in [0.05, 0.1) is 6.54 Å². The van der Waals surface area contributed by atoms with E-state index < -0.39 is 0 Å². The van der Waals surface area contributed by atoms with E-state index >= 15 is 0 Å². The molecule has 0 aromatic carbocycles. The Morgan fingerprint density at radius 2 is 1.05 bits per heavy atom. The Bertz CT molecular complexity index is 188. The van der Waals surface area contributed by atoms with E-state index in [4.69, 9.17) is 11.7 Å². The minimum Gasteiger partial charge on any atom is -0.314 e. The standard InChI is InChI=1S/C10H29N9/c11-17-9-7-15-5-3-13-1-2-14-4-6-16-8-10-18-19-12/h13-17H,1-11H2,(H2,12,18). The van der Waals surface area contributed by atoms with Crippen molar-refractivity contribution >= 4 is 0 Å². The summed E-state index contributed by atoms with van der Waals surface area (Å²) in [6, 6.07) is 0. The second-order valence-electron chi connectivity index (χ2n) is 3.93. The number of hydrogen-bond acceptors (Lipinski definition) is 8. The fourth-order valence-electron chi connectivity index (χ4n) is 1.38. The third-order valence-electron chi connectivity index (χ3n) is 2.35. The van der Waals surface area contributed by atoms with E-state index in [1.807, 2.05) is 0 Å². The molecule has 0 aliphatic heterocycles. The van der Waals surface area contributed by atoms with E-state index in [1.165, 1.54) is 0 Å². The Balaban J connectivity index is 2.91. The van der Waals surface area contributed by atoms with Crippen molar-refractivity contribution in [1.29, 1.82) is 0 Å². The van der Waals surface area contributed by atoms with Crippen LogP contribution in [0.4, 0.5) is 0 Å². The van der Waals surface area contributed by atoms with E-state index in [2.05, 4.69) is 37.0 Å². The predicted octanol–water partition coefficient (Wildman–Crippen LogP) is -2.87. The number of hydrogen-bond donors (Lipinski definition) is 7. The van der Waals surface area contributed by atoms with Crippen molar-refractivity contribution in [3.05, 3.63) is 0 Å². The van der Waals surface area contributed by atoms with Crippen molar-refractivity contribution in [3.8, 4) is 0 Å². The Kier molecular flexibility index (Phi) is 16.4. The molecular weight excluding hydrogens is 246 g/mol. The third kappa shape index (κ3) is 17.2. The minimum absolute atomic E-state index is 0.630. The summed E-state index contributed by atoms with van der Waals surface area (Å²) in [5.41, 5.74) is 2.60. The first-order valence-corrected chi connectivity index (χ1v) is 6.75. The van der Waals surface area contributed by atoms with Crippen molar-refractivity contribution in [2.24, 2.45) is 22.0 Å². The Morgan fingerprint density at radius 3 is 1.47 bits per heavy atom. The summed E-state index contributed by atoms with van der Waals surface area (Å²) in [7, 11) is 0. The molecule has 0 radical (unpaired) electrons. The fraction of sp³-hybridized carbons (Fsp3) is 1.00. The first kappa shape index (κ1) is 18.2. The van der Waals surface area contributed by atoms with Crippen LogP contribution < -0.4 is 38.4 Å². The van der Waals surface area contributed by atoms with Crippen LogP contribution in [0.1, 0.15) is 0 Å². The average Bonchev–Trinajstić information content (AvgIpc) is 2.43. The molecule has 9 nitrogen and oxygen atoms in total. The molecule has 0 unspecified atom stereocenters. The van der Waals surface area contributed by atoms with Gasteiger partial charge < -0.3 is 27.1 Å². The Morgan fingerprint density at radius 1 is 0.632 bits per heavy atom. The van der Waals surface area contributed by atoms with Gasteiger partial charge in [-0.2, -0.15) is 5.11 Å². The fourth-order valence-corrected chi connectivity index (χ4v) is 1.38. The molecule has 0 saturated carbocycles. The van der Waals surface area contributed by atoms with Crippen LogP contribution in [0.5, 0.6) is 0 Å². The number of rotatable bonds is 15. The third-order valence-corrected chi connectivity index (χ3v) is 2.35. The highest BCUT2D eigenvalue weighted by Gasteiger charge is 1.90. The quantitative estimate of drug-likeness (QED) is 0.0738. The Labute approximate surface area is 115 Å². The predicted molar refractivity (Wildman–Crippen MR) is 77.6 cm³/mol. The number of nitrogens with zero attached hydrogens (tertiary/aromatic N) is 2. The summed E-state index contributed by atoms with van der Waals surface area (Å²) in [5, 5.41) is 20.0. The zero-order valence-corrected chi connectivity index (χ0v) is 11.6. The highest BCUT2D eigenvalue weighted by atomic mass is 15.3. The van der Waals surface area contributed by atoms with Crippen LogP contribution in [0.15, 0.2) is 10.3 Å². The lowest BCUT2D eigenvalue weighted by molar-refractivity contribution is 0.560. The minimum atomic E-state index is 0.630. The first-order valence-electron chi connectivity index (χ1n) is 6.75. The van der Waals surface area contributed by atoms with Crippen LogP contribution in [0.25, 0.3) is 0 Å². The summed E-state index contributed by atoms with van der Waals surface area (Å²) in [6.07, 6.45) is 0. The summed E-state index contributed by atoms with van der Waals surface area (Å²) < 4.78 is 0. The second kappa shape index (κ2) is 17.2. The molecule has 0 atom stereocenters. The molecule has 0 heterocycles. The van der Waals surface area contributed by atoms with Crippen LogP contribution >= 0.6 is 0 Å². The molecule has 0 aromatic rings. The van der Waals surface area contributed by atoms with Crippen LogP contribution in [0, 0.1) is 0 Å². The van der Waals surface area contributed by atoms with Gasteiger partial charge in [-0.15, -0.1) is 0 Å². The van der Waals surface area contributed by atoms with Crippen molar-refractivity contribution in [3.63, 3.8) is 0 Å².